The van der Waals surface area contributed by atoms with Gasteiger partial charge in [0.05, 0.1) is 0 Å². The van der Waals surface area contributed by atoms with Gasteiger partial charge in [-0.05, 0) is 23.3 Å². The van der Waals surface area contributed by atoms with Gasteiger partial charge >= 0.3 is 17.6 Å². The number of benzene rings is 2. The molecular formula is C20H40O6Si8. The molecule has 0 heterocycles. The topological polar surface area (TPSA) is 55.4 Å². The molecule has 188 valence electrons. The third-order valence-electron chi connectivity index (χ3n) is 4.95. The molecule has 0 aliphatic heterocycles. The summed E-state index contributed by atoms with van der Waals surface area (Å²) in [5.74, 6) is 0. The molecule has 2 rings (SSSR count). The van der Waals surface area contributed by atoms with Gasteiger partial charge in [0.2, 0.25) is 0 Å². The van der Waals surface area contributed by atoms with Gasteiger partial charge in [0.15, 0.2) is 0 Å². The van der Waals surface area contributed by atoms with Gasteiger partial charge in [-0.1, -0.05) is 87.8 Å². The Kier molecular flexibility index (Phi) is 13.8. The van der Waals surface area contributed by atoms with Crippen molar-refractivity contribution in [2.24, 2.45) is 0 Å². The first-order chi connectivity index (χ1) is 16.5. The molecule has 2 aromatic rings. The Morgan fingerprint density at radius 2 is 0.794 bits per heavy atom. The van der Waals surface area contributed by atoms with E-state index >= 15 is 0 Å². The van der Waals surface area contributed by atoms with Crippen LogP contribution in [-0.4, -0.2) is 76.2 Å². The minimum absolute atomic E-state index is 0.657. The molecule has 0 amide bonds. The quantitative estimate of drug-likeness (QED) is 0.183. The summed E-state index contributed by atoms with van der Waals surface area (Å²) in [6.45, 7) is 12.9. The fraction of sp³-hybridized carbons (Fsp3) is 0.300. The standard InChI is InChI=1S/C20H40O6Si8/c1-27-21-33(22-28-2,23-29-3)19-11-7-9-17(15-19)13-14-18-10-8-12-20(16-18)34(24-30-4,25-31-5)26-32-6/h7-16H,27-32H2,1-6H3/b14-13+. The van der Waals surface area contributed by atoms with Gasteiger partial charge in [0.25, 0.3) is 0 Å². The van der Waals surface area contributed by atoms with Gasteiger partial charge < -0.3 is 24.7 Å². The van der Waals surface area contributed by atoms with Crippen LogP contribution in [0.15, 0.2) is 48.5 Å². The van der Waals surface area contributed by atoms with E-state index in [-0.39, 0.29) is 0 Å². The molecule has 0 saturated heterocycles. The second-order valence-corrected chi connectivity index (χ2v) is 21.1. The summed E-state index contributed by atoms with van der Waals surface area (Å²) in [6.07, 6.45) is 4.28. The summed E-state index contributed by atoms with van der Waals surface area (Å²) in [5, 5.41) is 2.16. The Labute approximate surface area is 221 Å². The summed E-state index contributed by atoms with van der Waals surface area (Å²) < 4.78 is 37.7. The Balaban J connectivity index is 2.37. The lowest BCUT2D eigenvalue weighted by Crippen LogP contribution is -2.58. The zero-order valence-corrected chi connectivity index (χ0v) is 32.0. The number of hydrogen-bond acceptors (Lipinski definition) is 6. The Morgan fingerprint density at radius 1 is 0.500 bits per heavy atom. The van der Waals surface area contributed by atoms with Crippen LogP contribution in [0.25, 0.3) is 12.2 Å². The summed E-state index contributed by atoms with van der Waals surface area (Å²) in [7, 11) is -9.45. The van der Waals surface area contributed by atoms with Gasteiger partial charge in [-0.2, -0.15) is 0 Å². The fourth-order valence-corrected chi connectivity index (χ4v) is 24.7. The van der Waals surface area contributed by atoms with Crippen LogP contribution in [0.3, 0.4) is 0 Å². The maximum absolute atomic E-state index is 6.29. The third-order valence-corrected chi connectivity index (χ3v) is 23.0. The van der Waals surface area contributed by atoms with Crippen LogP contribution < -0.4 is 10.4 Å². The van der Waals surface area contributed by atoms with E-state index in [1.165, 1.54) is 0 Å². The third kappa shape index (κ3) is 8.10. The van der Waals surface area contributed by atoms with Crippen LogP contribution >= 0.6 is 0 Å². The van der Waals surface area contributed by atoms with Crippen molar-refractivity contribution >= 4 is 98.7 Å². The summed E-state index contributed by atoms with van der Waals surface area (Å²) in [4.78, 5) is 0. The van der Waals surface area contributed by atoms with E-state index < -0.39 is 76.2 Å². The van der Waals surface area contributed by atoms with Crippen LogP contribution in [-0.2, 0) is 24.7 Å². The van der Waals surface area contributed by atoms with Crippen LogP contribution in [0.1, 0.15) is 11.1 Å². The molecule has 34 heavy (non-hydrogen) atoms. The molecule has 0 N–H and O–H groups in total. The van der Waals surface area contributed by atoms with Crippen molar-refractivity contribution < 1.29 is 24.7 Å². The van der Waals surface area contributed by atoms with Crippen LogP contribution in [0.4, 0.5) is 0 Å². The summed E-state index contributed by atoms with van der Waals surface area (Å²) >= 11 is 0. The van der Waals surface area contributed by atoms with Crippen LogP contribution in [0.5, 0.6) is 0 Å². The molecule has 0 aromatic heterocycles. The van der Waals surface area contributed by atoms with Crippen molar-refractivity contribution in [2.75, 3.05) is 0 Å². The highest BCUT2D eigenvalue weighted by molar-refractivity contribution is 6.84. The Bertz CT molecular complexity index is 797. The molecule has 0 saturated carbocycles. The molecule has 6 nitrogen and oxygen atoms in total. The smallest absolute Gasteiger partial charge is 0.419 e. The minimum Gasteiger partial charge on any atom is -0.419 e. The van der Waals surface area contributed by atoms with Crippen molar-refractivity contribution in [3.63, 3.8) is 0 Å². The maximum atomic E-state index is 6.29. The average molecular weight is 601 g/mol. The molecule has 0 unspecified atom stereocenters. The van der Waals surface area contributed by atoms with Gasteiger partial charge in [-0.15, -0.1) is 0 Å². The lowest BCUT2D eigenvalue weighted by molar-refractivity contribution is 0.304. The first-order valence-corrected chi connectivity index (χ1v) is 27.7. The van der Waals surface area contributed by atoms with Crippen molar-refractivity contribution in [1.29, 1.82) is 0 Å². The molecule has 14 heteroatoms. The van der Waals surface area contributed by atoms with E-state index in [2.05, 4.69) is 100.0 Å². The van der Waals surface area contributed by atoms with Gasteiger partial charge in [-0.3, -0.25) is 0 Å². The number of rotatable bonds is 16. The zero-order chi connectivity index (χ0) is 24.9. The van der Waals surface area contributed by atoms with E-state index in [0.29, 0.717) is 0 Å². The maximum Gasteiger partial charge on any atom is 0.504 e. The largest absolute Gasteiger partial charge is 0.504 e. The van der Waals surface area contributed by atoms with E-state index in [0.717, 1.165) is 21.5 Å². The highest BCUT2D eigenvalue weighted by Gasteiger charge is 2.42. The molecule has 0 spiro atoms. The molecule has 0 aliphatic carbocycles. The van der Waals surface area contributed by atoms with Crippen LogP contribution in [0, 0.1) is 0 Å². The predicted octanol–water partition coefficient (Wildman–Crippen LogP) is -0.960. The molecule has 0 atom stereocenters. The highest BCUT2D eigenvalue weighted by Crippen LogP contribution is 2.15. The van der Waals surface area contributed by atoms with E-state index in [1.807, 2.05) is 0 Å². The lowest BCUT2D eigenvalue weighted by atomic mass is 10.1. The van der Waals surface area contributed by atoms with Crippen molar-refractivity contribution in [2.45, 2.75) is 39.3 Å². The van der Waals surface area contributed by atoms with E-state index in [9.17, 15) is 0 Å². The molecule has 2 aromatic carbocycles. The van der Waals surface area contributed by atoms with E-state index in [1.54, 1.807) is 0 Å². The fourth-order valence-electron chi connectivity index (χ4n) is 3.75. The van der Waals surface area contributed by atoms with Gasteiger partial charge in [0, 0.05) is 10.4 Å². The molecule has 0 fully saturated rings. The number of hydrogen-bond donors (Lipinski definition) is 0. The van der Waals surface area contributed by atoms with Crippen molar-refractivity contribution in [3.8, 4) is 0 Å². The monoisotopic (exact) mass is 600 g/mol. The summed E-state index contributed by atoms with van der Waals surface area (Å²) in [5.41, 5.74) is 2.22. The van der Waals surface area contributed by atoms with Crippen LogP contribution in [0.2, 0.25) is 39.3 Å². The molecule has 0 radical (unpaired) electrons. The Morgan fingerprint density at radius 3 is 1.06 bits per heavy atom. The second-order valence-electron chi connectivity index (χ2n) is 7.29. The second kappa shape index (κ2) is 15.7. The first kappa shape index (κ1) is 29.9. The van der Waals surface area contributed by atoms with Gasteiger partial charge in [0.1, 0.15) is 58.6 Å². The SMILES string of the molecule is C[SiH2]O[Si](O[SiH2]C)(O[SiH2]C)c1cccc(/C=C/c2cccc([Si](O[SiH2]C)(O[SiH2]C)O[SiH2]C)c2)c1. The minimum atomic E-state index is -2.75. The molecule has 0 aliphatic rings. The lowest BCUT2D eigenvalue weighted by Gasteiger charge is -2.30. The Hall–Kier alpha value is -0.325. The highest BCUT2D eigenvalue weighted by atomic mass is 28.5. The van der Waals surface area contributed by atoms with E-state index in [4.69, 9.17) is 24.7 Å². The molecular weight excluding hydrogens is 561 g/mol. The van der Waals surface area contributed by atoms with Crippen molar-refractivity contribution in [1.82, 2.24) is 0 Å². The van der Waals surface area contributed by atoms with Crippen molar-refractivity contribution in [3.05, 3.63) is 59.7 Å². The molecule has 0 bridgehead atoms. The average Bonchev–Trinajstić information content (AvgIpc) is 2.84. The zero-order valence-electron chi connectivity index (χ0n) is 21.5. The normalized spacial score (nSPS) is 17.5. The first-order valence-electron chi connectivity index (χ1n) is 12.3. The predicted molar refractivity (Wildman–Crippen MR) is 166 cm³/mol. The van der Waals surface area contributed by atoms with Gasteiger partial charge in [-0.25, -0.2) is 0 Å². The summed E-state index contributed by atoms with van der Waals surface area (Å²) in [6, 6.07) is 16.9.